The summed E-state index contributed by atoms with van der Waals surface area (Å²) in [4.78, 5) is 0. The van der Waals surface area contributed by atoms with Crippen LogP contribution in [0.5, 0.6) is 23.0 Å². The first kappa shape index (κ1) is 14.7. The Morgan fingerprint density at radius 1 is 0.700 bits per heavy atom. The molecule has 2 aromatic carbocycles. The van der Waals surface area contributed by atoms with E-state index in [0.29, 0.717) is 23.0 Å². The van der Waals surface area contributed by atoms with Gasteiger partial charge in [-0.1, -0.05) is 0 Å². The summed E-state index contributed by atoms with van der Waals surface area (Å²) in [6, 6.07) is 14.7. The molecular weight excluding hydrogens is 323 g/mol. The maximum absolute atomic E-state index is 6.11. The summed E-state index contributed by atoms with van der Waals surface area (Å²) in [6.45, 7) is 0. The first-order chi connectivity index (χ1) is 9.22. The smallest absolute Gasteiger partial charge is 1.00 e. The van der Waals surface area contributed by atoms with Gasteiger partial charge >= 0.3 is 166 Å². The number of hydrogen-bond donors (Lipinski definition) is 0. The van der Waals surface area contributed by atoms with Crippen molar-refractivity contribution in [1.82, 2.24) is 0 Å². The fourth-order valence-corrected chi connectivity index (χ4v) is 5.82. The Bertz CT molecular complexity index is 568. The second-order valence-corrected chi connectivity index (χ2v) is 8.55. The van der Waals surface area contributed by atoms with Gasteiger partial charge in [-0.05, 0) is 0 Å². The van der Waals surface area contributed by atoms with E-state index < -0.39 is 8.33 Å². The van der Waals surface area contributed by atoms with Crippen LogP contribution in [0.1, 0.15) is 0 Å². The first-order valence-corrected chi connectivity index (χ1v) is 8.78. The Hall–Kier alpha value is -0.217. The van der Waals surface area contributed by atoms with E-state index in [1.54, 1.807) is 0 Å². The van der Waals surface area contributed by atoms with Gasteiger partial charge in [0.1, 0.15) is 0 Å². The molecule has 0 bridgehead atoms. The molecule has 0 saturated heterocycles. The average Bonchev–Trinajstić information content (AvgIpc) is 2.94. The molecule has 0 aliphatic carbocycles. The van der Waals surface area contributed by atoms with Gasteiger partial charge in [-0.25, -0.2) is 0 Å². The fraction of sp³-hybridized carbons (Fsp3) is 0.0769. The molecule has 4 nitrogen and oxygen atoms in total. The molecule has 0 fully saturated rings. The monoisotopic (exact) mass is 332 g/mol. The van der Waals surface area contributed by atoms with E-state index in [-0.39, 0.29) is 56.9 Å². The van der Waals surface area contributed by atoms with Crippen molar-refractivity contribution in [3.63, 3.8) is 0 Å². The molecule has 98 valence electrons. The van der Waals surface area contributed by atoms with E-state index in [9.17, 15) is 0 Å². The number of halogens is 1. The second kappa shape index (κ2) is 4.91. The van der Waals surface area contributed by atoms with Crippen molar-refractivity contribution in [1.29, 1.82) is 0 Å². The predicted molar refractivity (Wildman–Crippen MR) is 71.9 cm³/mol. The molecule has 0 amide bonds. The zero-order valence-corrected chi connectivity index (χ0v) is 15.7. The summed E-state index contributed by atoms with van der Waals surface area (Å²) in [5.74, 6) is 2.40. The summed E-state index contributed by atoms with van der Waals surface area (Å²) in [6.07, 6.45) is 0. The summed E-state index contributed by atoms with van der Waals surface area (Å²) in [5, 5.41) is 0. The molecule has 0 atom stereocenters. The van der Waals surface area contributed by atoms with Crippen LogP contribution in [-0.4, -0.2) is 13.8 Å². The fourth-order valence-electron chi connectivity index (χ4n) is 2.32. The molecule has 0 unspecified atom stereocenters. The zero-order chi connectivity index (χ0) is 12.9. The third-order valence-corrected chi connectivity index (χ3v) is 7.35. The summed E-state index contributed by atoms with van der Waals surface area (Å²) in [7, 11) is -4.11. The van der Waals surface area contributed by atoms with Crippen molar-refractivity contribution in [2.24, 2.45) is 0 Å². The van der Waals surface area contributed by atoms with Gasteiger partial charge in [0.15, 0.2) is 0 Å². The van der Waals surface area contributed by atoms with Crippen LogP contribution in [0.15, 0.2) is 48.5 Å². The van der Waals surface area contributed by atoms with Crippen LogP contribution in [-0.2, 0) is 0 Å². The van der Waals surface area contributed by atoms with Gasteiger partial charge in [-0.3, -0.25) is 0 Å². The number of alkyl halides is 1. The quantitative estimate of drug-likeness (QED) is 0.548. The number of hydrogen-bond acceptors (Lipinski definition) is 4. The molecule has 2 aromatic rings. The Balaban J connectivity index is 0.00000121. The molecule has 0 radical (unpaired) electrons. The molecule has 4 rings (SSSR count). The minimum atomic E-state index is -4.11. The van der Waals surface area contributed by atoms with Gasteiger partial charge < -0.3 is 0 Å². The van der Waals surface area contributed by atoms with Gasteiger partial charge in [0.2, 0.25) is 0 Å². The van der Waals surface area contributed by atoms with E-state index in [0.717, 1.165) is 0 Å². The molecule has 0 N–H and O–H groups in total. The van der Waals surface area contributed by atoms with E-state index in [4.69, 9.17) is 29.3 Å². The van der Waals surface area contributed by atoms with E-state index >= 15 is 0 Å². The standard InChI is InChI=1S/C13H10ClO4Si.K/c14-9-19(15-10-5-1-2-6-11(10)16-19)17-12-7-3-4-8-13(12)18-19;/h1-8H,9H2;/q-1;+1. The molecule has 2 heterocycles. The van der Waals surface area contributed by atoms with Crippen LogP contribution in [0, 0.1) is 0 Å². The Labute approximate surface area is 164 Å². The molecule has 2 aliphatic heterocycles. The van der Waals surface area contributed by atoms with Crippen LogP contribution in [0.2, 0.25) is 0 Å². The number of fused-ring (bicyclic) bond motifs is 2. The number of rotatable bonds is 1. The van der Waals surface area contributed by atoms with Crippen molar-refractivity contribution in [3.05, 3.63) is 48.5 Å². The SMILES string of the molecule is ClC[Si-]12(Oc3ccccc3O1)Oc1ccccc1O2.[K+]. The topological polar surface area (TPSA) is 36.9 Å². The van der Waals surface area contributed by atoms with Gasteiger partial charge in [0.25, 0.3) is 0 Å². The van der Waals surface area contributed by atoms with Gasteiger partial charge in [-0.15, -0.1) is 0 Å². The van der Waals surface area contributed by atoms with Crippen molar-refractivity contribution >= 4 is 19.9 Å². The molecule has 1 spiro atoms. The maximum atomic E-state index is 6.11. The van der Waals surface area contributed by atoms with Crippen molar-refractivity contribution < 1.29 is 69.1 Å². The van der Waals surface area contributed by atoms with Gasteiger partial charge in [0.05, 0.1) is 0 Å². The summed E-state index contributed by atoms with van der Waals surface area (Å²) in [5.41, 5.74) is 0.0172. The third-order valence-electron chi connectivity index (χ3n) is 3.15. The molecule has 2 aliphatic rings. The van der Waals surface area contributed by atoms with Gasteiger partial charge in [-0.2, -0.15) is 0 Å². The molecule has 20 heavy (non-hydrogen) atoms. The van der Waals surface area contributed by atoms with E-state index in [2.05, 4.69) is 0 Å². The third kappa shape index (κ3) is 2.02. The zero-order valence-electron chi connectivity index (χ0n) is 10.8. The molecule has 0 aromatic heterocycles. The Morgan fingerprint density at radius 2 is 1.00 bits per heavy atom. The second-order valence-electron chi connectivity index (χ2n) is 4.51. The van der Waals surface area contributed by atoms with Crippen LogP contribution < -0.4 is 69.1 Å². The van der Waals surface area contributed by atoms with Crippen LogP contribution in [0.3, 0.4) is 0 Å². The first-order valence-electron chi connectivity index (χ1n) is 5.91. The minimum absolute atomic E-state index is 0. The van der Waals surface area contributed by atoms with Gasteiger partial charge in [0, 0.05) is 0 Å². The van der Waals surface area contributed by atoms with Crippen molar-refractivity contribution in [2.75, 3.05) is 5.50 Å². The Morgan fingerprint density at radius 3 is 1.25 bits per heavy atom. The van der Waals surface area contributed by atoms with Crippen LogP contribution in [0.4, 0.5) is 0 Å². The van der Waals surface area contributed by atoms with Crippen molar-refractivity contribution in [2.45, 2.75) is 0 Å². The minimum Gasteiger partial charge on any atom is 1.00 e. The Kier molecular flexibility index (Phi) is 3.61. The van der Waals surface area contributed by atoms with Crippen LogP contribution >= 0.6 is 11.6 Å². The predicted octanol–water partition coefficient (Wildman–Crippen LogP) is 0.101. The average molecular weight is 333 g/mol. The molecule has 0 saturated carbocycles. The molecular formula is C13H10ClKO4Si. The maximum Gasteiger partial charge on any atom is 1.00 e. The largest absolute Gasteiger partial charge is 1.00 e. The summed E-state index contributed by atoms with van der Waals surface area (Å²) >= 11 is 6.11. The molecule has 7 heteroatoms. The number of para-hydroxylation sites is 4. The summed E-state index contributed by atoms with van der Waals surface area (Å²) < 4.78 is 23.7. The van der Waals surface area contributed by atoms with E-state index in [1.165, 1.54) is 0 Å². The number of benzene rings is 2. The van der Waals surface area contributed by atoms with Crippen molar-refractivity contribution in [3.8, 4) is 23.0 Å². The normalized spacial score (nSPS) is 20.8. The van der Waals surface area contributed by atoms with E-state index in [1.807, 2.05) is 48.5 Å². The van der Waals surface area contributed by atoms with Crippen LogP contribution in [0.25, 0.3) is 0 Å².